The van der Waals surface area contributed by atoms with E-state index in [0.717, 1.165) is 33.9 Å². The van der Waals surface area contributed by atoms with Gasteiger partial charge >= 0.3 is 0 Å². The van der Waals surface area contributed by atoms with Crippen molar-refractivity contribution in [2.75, 3.05) is 4.90 Å². The largest absolute Gasteiger partial charge is 0.309 e. The van der Waals surface area contributed by atoms with Crippen LogP contribution in [0.1, 0.15) is 0 Å². The summed E-state index contributed by atoms with van der Waals surface area (Å²) in [6.45, 7) is 0. The van der Waals surface area contributed by atoms with Crippen molar-refractivity contribution in [3.05, 3.63) is 200 Å². The monoisotopic (exact) mass is 687 g/mol. The van der Waals surface area contributed by atoms with Gasteiger partial charge in [-0.25, -0.2) is 0 Å². The molecule has 54 heavy (non-hydrogen) atoms. The normalized spacial score (nSPS) is 11.7. The number of fused-ring (bicyclic) bond motifs is 6. The first-order chi connectivity index (χ1) is 26.8. The molecule has 2 aromatic heterocycles. The molecule has 252 valence electrons. The van der Waals surface area contributed by atoms with Gasteiger partial charge in [-0.3, -0.25) is 4.98 Å². The molecule has 8 aromatic carbocycles. The van der Waals surface area contributed by atoms with E-state index in [1.807, 2.05) is 18.5 Å². The molecule has 0 atom stereocenters. The summed E-state index contributed by atoms with van der Waals surface area (Å²) in [6, 6.07) is 68.3. The highest BCUT2D eigenvalue weighted by molar-refractivity contribution is 6.19. The molecular weight excluding hydrogens is 655 g/mol. The van der Waals surface area contributed by atoms with E-state index in [9.17, 15) is 0 Å². The van der Waals surface area contributed by atoms with Crippen LogP contribution in [0.3, 0.4) is 0 Å². The quantitative estimate of drug-likeness (QED) is 0.173. The highest BCUT2D eigenvalue weighted by Gasteiger charge is 2.23. The molecule has 3 heteroatoms. The van der Waals surface area contributed by atoms with Gasteiger partial charge in [-0.2, -0.15) is 0 Å². The van der Waals surface area contributed by atoms with Crippen LogP contribution in [0.4, 0.5) is 17.1 Å². The van der Waals surface area contributed by atoms with Crippen LogP contribution in [0.5, 0.6) is 0 Å². The molecule has 3 nitrogen and oxygen atoms in total. The second-order valence-electron chi connectivity index (χ2n) is 14.0. The fourth-order valence-corrected chi connectivity index (χ4v) is 8.64. The van der Waals surface area contributed by atoms with E-state index >= 15 is 0 Å². The summed E-state index contributed by atoms with van der Waals surface area (Å²) < 4.78 is 2.38. The van der Waals surface area contributed by atoms with Crippen molar-refractivity contribution in [3.63, 3.8) is 0 Å². The highest BCUT2D eigenvalue weighted by Crippen LogP contribution is 2.50. The van der Waals surface area contributed by atoms with Gasteiger partial charge in [0, 0.05) is 34.0 Å². The van der Waals surface area contributed by atoms with E-state index in [2.05, 4.69) is 196 Å². The van der Waals surface area contributed by atoms with Gasteiger partial charge in [0.2, 0.25) is 0 Å². The maximum absolute atomic E-state index is 4.54. The maximum Gasteiger partial charge on any atom is 0.0644 e. The van der Waals surface area contributed by atoms with Crippen LogP contribution < -0.4 is 4.90 Å². The molecule has 0 saturated carbocycles. The smallest absolute Gasteiger partial charge is 0.0644 e. The molecule has 0 N–H and O–H groups in total. The second kappa shape index (κ2) is 12.2. The van der Waals surface area contributed by atoms with Crippen molar-refractivity contribution >= 4 is 49.6 Å². The number of rotatable bonds is 6. The van der Waals surface area contributed by atoms with Crippen LogP contribution in [-0.4, -0.2) is 9.55 Å². The Labute approximate surface area is 313 Å². The number of hydrogen-bond donors (Lipinski definition) is 0. The topological polar surface area (TPSA) is 21.1 Å². The van der Waals surface area contributed by atoms with Gasteiger partial charge in [0.15, 0.2) is 0 Å². The number of para-hydroxylation sites is 3. The first-order valence-corrected chi connectivity index (χ1v) is 18.5. The van der Waals surface area contributed by atoms with E-state index in [0.29, 0.717) is 0 Å². The van der Waals surface area contributed by atoms with E-state index in [-0.39, 0.29) is 0 Å². The number of aromatic nitrogens is 2. The Morgan fingerprint density at radius 3 is 1.69 bits per heavy atom. The van der Waals surface area contributed by atoms with Crippen molar-refractivity contribution in [3.8, 4) is 50.2 Å². The molecule has 1 aliphatic rings. The van der Waals surface area contributed by atoms with E-state index in [1.165, 1.54) is 66.0 Å². The molecule has 2 heterocycles. The van der Waals surface area contributed by atoms with Crippen molar-refractivity contribution in [2.45, 2.75) is 0 Å². The minimum absolute atomic E-state index is 1.00. The lowest BCUT2D eigenvalue weighted by atomic mass is 9.92. The second-order valence-corrected chi connectivity index (χ2v) is 14.0. The Bertz CT molecular complexity index is 2910. The van der Waals surface area contributed by atoms with Crippen molar-refractivity contribution in [2.24, 2.45) is 0 Å². The molecule has 0 bridgehead atoms. The summed E-state index contributed by atoms with van der Waals surface area (Å²) in [5, 5.41) is 5.11. The fraction of sp³-hybridized carbons (Fsp3) is 0. The van der Waals surface area contributed by atoms with Gasteiger partial charge in [-0.1, -0.05) is 121 Å². The van der Waals surface area contributed by atoms with Gasteiger partial charge in [-0.15, -0.1) is 0 Å². The van der Waals surface area contributed by atoms with Crippen LogP contribution in [0.2, 0.25) is 0 Å². The Hall–Kier alpha value is -7.23. The summed E-state index contributed by atoms with van der Waals surface area (Å²) >= 11 is 0. The highest BCUT2D eigenvalue weighted by atomic mass is 15.1. The molecule has 0 unspecified atom stereocenters. The van der Waals surface area contributed by atoms with E-state index in [1.54, 1.807) is 0 Å². The third-order valence-corrected chi connectivity index (χ3v) is 11.0. The number of hydrogen-bond acceptors (Lipinski definition) is 2. The molecule has 0 amide bonds. The van der Waals surface area contributed by atoms with Crippen LogP contribution in [0, 0.1) is 0 Å². The zero-order valence-corrected chi connectivity index (χ0v) is 29.4. The number of pyridine rings is 1. The lowest BCUT2D eigenvalue weighted by Crippen LogP contribution is -2.10. The van der Waals surface area contributed by atoms with Crippen LogP contribution >= 0.6 is 0 Å². The van der Waals surface area contributed by atoms with Gasteiger partial charge in [0.1, 0.15) is 0 Å². The molecule has 0 aliphatic heterocycles. The van der Waals surface area contributed by atoms with Gasteiger partial charge in [0.05, 0.1) is 22.9 Å². The Morgan fingerprint density at radius 1 is 0.370 bits per heavy atom. The fourth-order valence-electron chi connectivity index (χ4n) is 8.64. The molecule has 10 aromatic rings. The minimum Gasteiger partial charge on any atom is -0.309 e. The lowest BCUT2D eigenvalue weighted by molar-refractivity contribution is 1.18. The molecule has 1 aliphatic carbocycles. The van der Waals surface area contributed by atoms with E-state index < -0.39 is 0 Å². The third-order valence-electron chi connectivity index (χ3n) is 11.0. The average Bonchev–Trinajstić information content (AvgIpc) is 3.76. The standard InChI is InChI=1S/C51H33N3/c1-2-12-37(13-3-1)53(39-14-11-29-52-33-39)40-31-35(34-23-25-38(26-24-34)54-49-21-8-6-17-44(49)45-18-7-9-22-50(45)54)30-36(32-40)41-27-28-48-43-16-5-4-15-42(43)47-20-10-19-46(41)51(47)48/h1-33H. The Morgan fingerprint density at radius 2 is 0.963 bits per heavy atom. The molecule has 0 fully saturated rings. The summed E-state index contributed by atoms with van der Waals surface area (Å²) in [5.41, 5.74) is 16.6. The SMILES string of the molecule is c1ccc(N(c2cccnc2)c2cc(-c3ccc(-n4c5ccccc5c5ccccc54)cc3)cc(-c3ccc4c5c(cccc35)-c3ccccc3-4)c2)cc1. The van der Waals surface area contributed by atoms with Gasteiger partial charge in [-0.05, 0) is 122 Å². The summed E-state index contributed by atoms with van der Waals surface area (Å²) in [4.78, 5) is 6.85. The Balaban J connectivity index is 1.12. The third kappa shape index (κ3) is 4.72. The van der Waals surface area contributed by atoms with Crippen LogP contribution in [0.25, 0.3) is 82.8 Å². The summed E-state index contributed by atoms with van der Waals surface area (Å²) in [7, 11) is 0. The van der Waals surface area contributed by atoms with Crippen molar-refractivity contribution in [1.82, 2.24) is 9.55 Å². The molecule has 0 radical (unpaired) electrons. The first-order valence-electron chi connectivity index (χ1n) is 18.5. The maximum atomic E-state index is 4.54. The zero-order valence-electron chi connectivity index (χ0n) is 29.4. The van der Waals surface area contributed by atoms with E-state index in [4.69, 9.17) is 0 Å². The van der Waals surface area contributed by atoms with Crippen LogP contribution in [-0.2, 0) is 0 Å². The molecule has 0 spiro atoms. The van der Waals surface area contributed by atoms with Gasteiger partial charge < -0.3 is 9.47 Å². The van der Waals surface area contributed by atoms with Crippen molar-refractivity contribution < 1.29 is 0 Å². The predicted molar refractivity (Wildman–Crippen MR) is 226 cm³/mol. The predicted octanol–water partition coefficient (Wildman–Crippen LogP) is 13.8. The number of nitrogens with zero attached hydrogens (tertiary/aromatic N) is 3. The number of anilines is 3. The average molecular weight is 688 g/mol. The summed E-state index contributed by atoms with van der Waals surface area (Å²) in [5.74, 6) is 0. The molecule has 0 saturated heterocycles. The Kier molecular flexibility index (Phi) is 6.86. The minimum atomic E-state index is 1.00. The lowest BCUT2D eigenvalue weighted by Gasteiger charge is -2.26. The van der Waals surface area contributed by atoms with Crippen molar-refractivity contribution in [1.29, 1.82) is 0 Å². The van der Waals surface area contributed by atoms with Gasteiger partial charge in [0.25, 0.3) is 0 Å². The molecular formula is C51H33N3. The zero-order chi connectivity index (χ0) is 35.6. The van der Waals surface area contributed by atoms with Crippen LogP contribution in [0.15, 0.2) is 200 Å². The number of benzene rings is 8. The summed E-state index contributed by atoms with van der Waals surface area (Å²) in [6.07, 6.45) is 3.77. The first kappa shape index (κ1) is 30.4. The molecule has 11 rings (SSSR count).